The molecule has 2 amide bonds. The number of nitrogens with one attached hydrogen (secondary N) is 2. The van der Waals surface area contributed by atoms with Gasteiger partial charge in [-0.15, -0.1) is 0 Å². The summed E-state index contributed by atoms with van der Waals surface area (Å²) in [6, 6.07) is 3.45. The SMILES string of the molecule is CCN(CCc1ccco1)C[C@@H]1CCCN1C(=O)[C@@H](NC(=O)[C@H](C)NC)C1CCCCC1. The minimum atomic E-state index is -0.405. The normalized spacial score (nSPS) is 21.6. The summed E-state index contributed by atoms with van der Waals surface area (Å²) in [6.07, 6.45) is 10.2. The first kappa shape index (κ1) is 24.8. The van der Waals surface area contributed by atoms with Crippen molar-refractivity contribution in [3.05, 3.63) is 24.2 Å². The third-order valence-electron chi connectivity index (χ3n) is 7.34. The summed E-state index contributed by atoms with van der Waals surface area (Å²) < 4.78 is 5.49. The smallest absolute Gasteiger partial charge is 0.245 e. The number of amides is 2. The van der Waals surface area contributed by atoms with Crippen LogP contribution in [0.2, 0.25) is 0 Å². The lowest BCUT2D eigenvalue weighted by Crippen LogP contribution is -2.57. The maximum atomic E-state index is 13.8. The third kappa shape index (κ3) is 6.58. The lowest BCUT2D eigenvalue weighted by atomic mass is 9.83. The number of likely N-dealkylation sites (tertiary alicyclic amines) is 1. The Morgan fingerprint density at radius 2 is 2.00 bits per heavy atom. The van der Waals surface area contributed by atoms with Gasteiger partial charge in [-0.1, -0.05) is 26.2 Å². The van der Waals surface area contributed by atoms with E-state index in [0.29, 0.717) is 0 Å². The fourth-order valence-corrected chi connectivity index (χ4v) is 5.15. The summed E-state index contributed by atoms with van der Waals surface area (Å²) in [6.45, 7) is 7.55. The summed E-state index contributed by atoms with van der Waals surface area (Å²) in [7, 11) is 1.78. The van der Waals surface area contributed by atoms with Crippen LogP contribution >= 0.6 is 0 Å². The highest BCUT2D eigenvalue weighted by atomic mass is 16.3. The molecule has 1 aliphatic carbocycles. The molecule has 2 heterocycles. The van der Waals surface area contributed by atoms with Gasteiger partial charge in [0.2, 0.25) is 11.8 Å². The molecule has 0 bridgehead atoms. The van der Waals surface area contributed by atoms with Crippen LogP contribution in [0.4, 0.5) is 0 Å². The van der Waals surface area contributed by atoms with Gasteiger partial charge in [-0.2, -0.15) is 0 Å². The number of rotatable bonds is 11. The number of hydrogen-bond donors (Lipinski definition) is 2. The van der Waals surface area contributed by atoms with Gasteiger partial charge in [0.15, 0.2) is 0 Å². The Kier molecular flexibility index (Phi) is 9.60. The molecule has 3 atom stereocenters. The van der Waals surface area contributed by atoms with Crippen LogP contribution < -0.4 is 10.6 Å². The van der Waals surface area contributed by atoms with Gasteiger partial charge in [0.05, 0.1) is 12.3 Å². The van der Waals surface area contributed by atoms with Crippen LogP contribution in [0.5, 0.6) is 0 Å². The molecular formula is C25H42N4O3. The van der Waals surface area contributed by atoms with Gasteiger partial charge in [-0.3, -0.25) is 9.59 Å². The number of hydrogen-bond acceptors (Lipinski definition) is 5. The van der Waals surface area contributed by atoms with E-state index in [4.69, 9.17) is 4.42 Å². The monoisotopic (exact) mass is 446 g/mol. The fourth-order valence-electron chi connectivity index (χ4n) is 5.15. The Labute approximate surface area is 193 Å². The second-order valence-electron chi connectivity index (χ2n) is 9.44. The Morgan fingerprint density at radius 3 is 2.66 bits per heavy atom. The van der Waals surface area contributed by atoms with Crippen molar-refractivity contribution in [1.82, 2.24) is 20.4 Å². The van der Waals surface area contributed by atoms with Crippen molar-refractivity contribution in [2.75, 3.05) is 33.2 Å². The molecule has 1 saturated heterocycles. The van der Waals surface area contributed by atoms with E-state index >= 15 is 0 Å². The molecule has 0 aromatic carbocycles. The molecule has 3 rings (SSSR count). The molecule has 2 N–H and O–H groups in total. The van der Waals surface area contributed by atoms with E-state index < -0.39 is 6.04 Å². The van der Waals surface area contributed by atoms with Gasteiger partial charge < -0.3 is 24.9 Å². The van der Waals surface area contributed by atoms with Gasteiger partial charge in [0, 0.05) is 32.1 Å². The molecule has 7 nitrogen and oxygen atoms in total. The van der Waals surface area contributed by atoms with E-state index in [1.54, 1.807) is 13.3 Å². The maximum Gasteiger partial charge on any atom is 0.245 e. The minimum Gasteiger partial charge on any atom is -0.469 e. The zero-order valence-electron chi connectivity index (χ0n) is 20.1. The van der Waals surface area contributed by atoms with Gasteiger partial charge in [0.25, 0.3) is 0 Å². The van der Waals surface area contributed by atoms with E-state index in [9.17, 15) is 9.59 Å². The number of likely N-dealkylation sites (N-methyl/N-ethyl adjacent to an activating group) is 2. The third-order valence-corrected chi connectivity index (χ3v) is 7.34. The van der Waals surface area contributed by atoms with Crippen LogP contribution in [0.3, 0.4) is 0 Å². The highest BCUT2D eigenvalue weighted by molar-refractivity contribution is 5.90. The molecule has 1 aromatic heterocycles. The molecule has 0 unspecified atom stereocenters. The van der Waals surface area contributed by atoms with E-state index in [-0.39, 0.29) is 29.8 Å². The molecule has 0 radical (unpaired) electrons. The molecule has 0 spiro atoms. The van der Waals surface area contributed by atoms with E-state index in [1.165, 1.54) is 6.42 Å². The van der Waals surface area contributed by atoms with Crippen LogP contribution in [0, 0.1) is 5.92 Å². The van der Waals surface area contributed by atoms with Gasteiger partial charge in [-0.25, -0.2) is 0 Å². The lowest BCUT2D eigenvalue weighted by molar-refractivity contribution is -0.139. The lowest BCUT2D eigenvalue weighted by Gasteiger charge is -2.36. The number of furan rings is 1. The fraction of sp³-hybridized carbons (Fsp3) is 0.760. The van der Waals surface area contributed by atoms with Crippen molar-refractivity contribution >= 4 is 11.8 Å². The van der Waals surface area contributed by atoms with Crippen molar-refractivity contribution in [3.8, 4) is 0 Å². The molecule has 2 aliphatic rings. The van der Waals surface area contributed by atoms with Crippen LogP contribution in [-0.2, 0) is 16.0 Å². The van der Waals surface area contributed by atoms with E-state index in [1.807, 2.05) is 19.1 Å². The molecule has 2 fully saturated rings. The topological polar surface area (TPSA) is 77.8 Å². The van der Waals surface area contributed by atoms with E-state index in [0.717, 1.165) is 76.9 Å². The van der Waals surface area contributed by atoms with Crippen LogP contribution in [-0.4, -0.2) is 73.0 Å². The first-order valence-corrected chi connectivity index (χ1v) is 12.6. The predicted molar refractivity (Wildman–Crippen MR) is 126 cm³/mol. The quantitative estimate of drug-likeness (QED) is 0.547. The van der Waals surface area contributed by atoms with Gasteiger partial charge >= 0.3 is 0 Å². The summed E-state index contributed by atoms with van der Waals surface area (Å²) in [5.74, 6) is 1.28. The molecule has 180 valence electrons. The Morgan fingerprint density at radius 1 is 1.22 bits per heavy atom. The zero-order valence-corrected chi connectivity index (χ0v) is 20.1. The van der Waals surface area contributed by atoms with Crippen LogP contribution in [0.1, 0.15) is 64.6 Å². The second kappa shape index (κ2) is 12.4. The average molecular weight is 447 g/mol. The summed E-state index contributed by atoms with van der Waals surface area (Å²) in [4.78, 5) is 30.9. The van der Waals surface area contributed by atoms with Crippen molar-refractivity contribution < 1.29 is 14.0 Å². The molecule has 1 aromatic rings. The predicted octanol–water partition coefficient (Wildman–Crippen LogP) is 2.81. The molecule has 1 saturated carbocycles. The Bertz CT molecular complexity index is 702. The van der Waals surface area contributed by atoms with Crippen molar-refractivity contribution in [1.29, 1.82) is 0 Å². The molecule has 7 heteroatoms. The van der Waals surface area contributed by atoms with Gasteiger partial charge in [-0.05, 0) is 64.3 Å². The van der Waals surface area contributed by atoms with Crippen LogP contribution in [0.25, 0.3) is 0 Å². The zero-order chi connectivity index (χ0) is 22.9. The summed E-state index contributed by atoms with van der Waals surface area (Å²) in [5.41, 5.74) is 0. The molecule has 32 heavy (non-hydrogen) atoms. The highest BCUT2D eigenvalue weighted by Gasteiger charge is 2.38. The Hall–Kier alpha value is -1.86. The number of carbonyl (C=O) groups excluding carboxylic acids is 2. The number of nitrogens with zero attached hydrogens (tertiary/aromatic N) is 2. The first-order valence-electron chi connectivity index (χ1n) is 12.6. The van der Waals surface area contributed by atoms with Gasteiger partial charge in [0.1, 0.15) is 11.8 Å². The van der Waals surface area contributed by atoms with Crippen molar-refractivity contribution in [2.24, 2.45) is 5.92 Å². The Balaban J connectivity index is 1.65. The van der Waals surface area contributed by atoms with E-state index in [2.05, 4.69) is 27.4 Å². The first-order chi connectivity index (χ1) is 15.5. The summed E-state index contributed by atoms with van der Waals surface area (Å²) >= 11 is 0. The second-order valence-corrected chi connectivity index (χ2v) is 9.44. The standard InChI is InChI=1S/C25H42N4O3/c1-4-28(16-14-22-13-9-17-32-22)18-21-12-8-15-29(21)25(31)23(20-10-6-5-7-11-20)27-24(30)19(2)26-3/h9,13,17,19-21,23,26H,4-8,10-12,14-16,18H2,1-3H3,(H,27,30)/t19-,21-,23-/m0/s1. The summed E-state index contributed by atoms with van der Waals surface area (Å²) in [5, 5.41) is 6.13. The maximum absolute atomic E-state index is 13.8. The highest BCUT2D eigenvalue weighted by Crippen LogP contribution is 2.29. The van der Waals surface area contributed by atoms with Crippen molar-refractivity contribution in [3.63, 3.8) is 0 Å². The molecular weight excluding hydrogens is 404 g/mol. The largest absolute Gasteiger partial charge is 0.469 e. The minimum absolute atomic E-state index is 0.0826. The number of carbonyl (C=O) groups is 2. The van der Waals surface area contributed by atoms with Crippen LogP contribution in [0.15, 0.2) is 22.8 Å². The average Bonchev–Trinajstić information content (AvgIpc) is 3.51. The van der Waals surface area contributed by atoms with Crippen molar-refractivity contribution in [2.45, 2.75) is 83.3 Å². The molecule has 1 aliphatic heterocycles.